The molecule has 0 aliphatic carbocycles. The molecule has 0 atom stereocenters. The number of rotatable bonds is 1. The van der Waals surface area contributed by atoms with E-state index in [2.05, 4.69) is 237 Å². The Morgan fingerprint density at radius 1 is 0.403 bits per heavy atom. The summed E-state index contributed by atoms with van der Waals surface area (Å²) in [5.74, 6) is 0. The number of aromatic nitrogens is 2. The molecule has 0 radical (unpaired) electrons. The average molecular weight is 971 g/mol. The van der Waals surface area contributed by atoms with E-state index in [1.807, 2.05) is 23.5 Å². The molecule has 0 spiro atoms. The first-order valence-corrected chi connectivity index (χ1v) is 27.4. The fourth-order valence-electron chi connectivity index (χ4n) is 12.1. The average Bonchev–Trinajstić information content (AvgIpc) is 3.74. The molecule has 4 nitrogen and oxygen atoms in total. The Labute approximate surface area is 433 Å². The maximum Gasteiger partial charge on any atom is 0.252 e. The molecule has 0 unspecified atom stereocenters. The summed E-state index contributed by atoms with van der Waals surface area (Å²) in [5.41, 5.74) is 23.8. The van der Waals surface area contributed by atoms with Gasteiger partial charge in [-0.25, -0.2) is 4.98 Å². The van der Waals surface area contributed by atoms with Crippen molar-refractivity contribution in [2.24, 2.45) is 0 Å². The van der Waals surface area contributed by atoms with Crippen LogP contribution in [0.3, 0.4) is 0 Å². The Balaban J connectivity index is 1.12. The van der Waals surface area contributed by atoms with Gasteiger partial charge in [-0.2, -0.15) is 0 Å². The van der Waals surface area contributed by atoms with Crippen LogP contribution in [0, 0.1) is 0 Å². The molecule has 8 aromatic carbocycles. The van der Waals surface area contributed by atoms with Gasteiger partial charge < -0.3 is 9.80 Å². The maximum atomic E-state index is 5.28. The van der Waals surface area contributed by atoms with Crippen LogP contribution in [0.5, 0.6) is 0 Å². The van der Waals surface area contributed by atoms with Crippen LogP contribution in [0.25, 0.3) is 49.5 Å². The Bertz CT molecular complexity index is 3900. The normalized spacial score (nSPS) is 14.8. The molecule has 4 aliphatic rings. The standard InChI is InChI=1S/C65H59BN4S2/c1-62(2,3)38-22-25-49-54(32-38)71-56-34-40(64(7,8)9)30-45-59(56)68(49)52-28-37(36-21-24-43-42-17-13-14-18-44(42)61-67-47-19-15-16-20-48(47)70(61)51(43)27-36)29-53-58(52)66(45)46-31-41(65(10,11)12)35-57-60(46)69(53)50-26-23-39(63(4,5)6)33-55(50)72-57/h13-35H,1-12H3. The van der Waals surface area contributed by atoms with Crippen molar-refractivity contribution < 1.29 is 0 Å². The summed E-state index contributed by atoms with van der Waals surface area (Å²) in [6.07, 6.45) is 0. The third-order valence-electron chi connectivity index (χ3n) is 16.1. The van der Waals surface area contributed by atoms with Crippen molar-refractivity contribution in [1.82, 2.24) is 9.38 Å². The highest BCUT2D eigenvalue weighted by molar-refractivity contribution is 8.00. The van der Waals surface area contributed by atoms with Gasteiger partial charge in [-0.05, 0) is 144 Å². The van der Waals surface area contributed by atoms with Crippen LogP contribution in [0.2, 0.25) is 0 Å². The number of imidazole rings is 1. The van der Waals surface area contributed by atoms with Gasteiger partial charge in [-0.3, -0.25) is 4.40 Å². The Morgan fingerprint density at radius 2 is 0.903 bits per heavy atom. The van der Waals surface area contributed by atoms with E-state index < -0.39 is 0 Å². The van der Waals surface area contributed by atoms with Crippen LogP contribution in [-0.4, -0.2) is 16.1 Å². The molecular weight excluding hydrogens is 912 g/mol. The molecule has 2 aromatic heterocycles. The predicted octanol–water partition coefficient (Wildman–Crippen LogP) is 16.7. The van der Waals surface area contributed by atoms with Crippen LogP contribution in [0.1, 0.15) is 105 Å². The Kier molecular flexibility index (Phi) is 9.01. The second-order valence-electron chi connectivity index (χ2n) is 25.0. The lowest BCUT2D eigenvalue weighted by Gasteiger charge is -2.48. The van der Waals surface area contributed by atoms with Crippen molar-refractivity contribution in [2.45, 2.75) is 124 Å². The van der Waals surface area contributed by atoms with Gasteiger partial charge in [0.15, 0.2) is 0 Å². The first-order chi connectivity index (χ1) is 34.2. The molecule has 0 bridgehead atoms. The molecule has 4 aliphatic heterocycles. The van der Waals surface area contributed by atoms with E-state index >= 15 is 0 Å². The number of hydrogen-bond acceptors (Lipinski definition) is 5. The van der Waals surface area contributed by atoms with Gasteiger partial charge in [-0.1, -0.05) is 179 Å². The highest BCUT2D eigenvalue weighted by atomic mass is 32.2. The predicted molar refractivity (Wildman–Crippen MR) is 310 cm³/mol. The fourth-order valence-corrected chi connectivity index (χ4v) is 14.4. The molecule has 0 N–H and O–H groups in total. The second-order valence-corrected chi connectivity index (χ2v) is 27.1. The summed E-state index contributed by atoms with van der Waals surface area (Å²) in [5, 5.41) is 3.61. The third kappa shape index (κ3) is 6.32. The van der Waals surface area contributed by atoms with Crippen molar-refractivity contribution in [2.75, 3.05) is 9.80 Å². The lowest BCUT2D eigenvalue weighted by molar-refractivity contribution is 0.588. The molecule has 0 fully saturated rings. The van der Waals surface area contributed by atoms with Crippen molar-refractivity contribution in [3.8, 4) is 11.1 Å². The van der Waals surface area contributed by atoms with Crippen molar-refractivity contribution in [3.63, 3.8) is 0 Å². The third-order valence-corrected chi connectivity index (χ3v) is 18.2. The summed E-state index contributed by atoms with van der Waals surface area (Å²) >= 11 is 3.92. The second kappa shape index (κ2) is 14.6. The number of fused-ring (bicyclic) bond motifs is 16. The lowest BCUT2D eigenvalue weighted by atomic mass is 9.33. The fraction of sp³-hybridized carbons (Fsp3) is 0.246. The molecule has 0 amide bonds. The van der Waals surface area contributed by atoms with Gasteiger partial charge in [0, 0.05) is 41.7 Å². The number of pyridine rings is 1. The van der Waals surface area contributed by atoms with Gasteiger partial charge in [-0.15, -0.1) is 0 Å². The molecule has 72 heavy (non-hydrogen) atoms. The van der Waals surface area contributed by atoms with Crippen LogP contribution in [-0.2, 0) is 21.7 Å². The van der Waals surface area contributed by atoms with Gasteiger partial charge in [0.1, 0.15) is 5.65 Å². The maximum absolute atomic E-state index is 5.28. The summed E-state index contributed by atoms with van der Waals surface area (Å²) in [6, 6.07) is 54.4. The van der Waals surface area contributed by atoms with Gasteiger partial charge in [0.25, 0.3) is 6.71 Å². The van der Waals surface area contributed by atoms with E-state index in [1.165, 1.54) is 120 Å². The number of para-hydroxylation sites is 2. The topological polar surface area (TPSA) is 23.8 Å². The zero-order chi connectivity index (χ0) is 49.7. The van der Waals surface area contributed by atoms with Crippen LogP contribution >= 0.6 is 23.5 Å². The summed E-state index contributed by atoms with van der Waals surface area (Å²) in [4.78, 5) is 15.9. The zero-order valence-electron chi connectivity index (χ0n) is 43.5. The lowest BCUT2D eigenvalue weighted by Crippen LogP contribution is -2.62. The van der Waals surface area contributed by atoms with Crippen molar-refractivity contribution >= 4 is 119 Å². The molecule has 7 heteroatoms. The molecule has 6 heterocycles. The van der Waals surface area contributed by atoms with E-state index in [9.17, 15) is 0 Å². The van der Waals surface area contributed by atoms with E-state index in [4.69, 9.17) is 4.98 Å². The quantitative estimate of drug-likeness (QED) is 0.121. The highest BCUT2D eigenvalue weighted by Crippen LogP contribution is 2.59. The number of benzene rings is 8. The number of nitrogens with zero attached hydrogens (tertiary/aromatic N) is 4. The number of hydrogen-bond donors (Lipinski definition) is 0. The minimum Gasteiger partial charge on any atom is -0.309 e. The van der Waals surface area contributed by atoms with E-state index in [-0.39, 0.29) is 28.4 Å². The van der Waals surface area contributed by atoms with E-state index in [1.54, 1.807) is 0 Å². The van der Waals surface area contributed by atoms with Crippen molar-refractivity contribution in [3.05, 3.63) is 162 Å². The zero-order valence-corrected chi connectivity index (χ0v) is 45.1. The van der Waals surface area contributed by atoms with Crippen molar-refractivity contribution in [1.29, 1.82) is 0 Å². The van der Waals surface area contributed by atoms with Gasteiger partial charge in [0.05, 0.1) is 39.3 Å². The molecular formula is C65H59BN4S2. The number of anilines is 6. The summed E-state index contributed by atoms with van der Waals surface area (Å²) < 4.78 is 2.40. The van der Waals surface area contributed by atoms with Crippen LogP contribution in [0.4, 0.5) is 34.1 Å². The van der Waals surface area contributed by atoms with Gasteiger partial charge >= 0.3 is 0 Å². The molecule has 14 rings (SSSR count). The summed E-state index contributed by atoms with van der Waals surface area (Å²) in [6.45, 7) is 28.3. The summed E-state index contributed by atoms with van der Waals surface area (Å²) in [7, 11) is 0. The highest BCUT2D eigenvalue weighted by Gasteiger charge is 2.49. The Hall–Kier alpha value is -6.41. The molecule has 10 aromatic rings. The van der Waals surface area contributed by atoms with E-state index in [0.717, 1.165) is 22.2 Å². The van der Waals surface area contributed by atoms with Crippen LogP contribution < -0.4 is 26.2 Å². The molecule has 354 valence electrons. The largest absolute Gasteiger partial charge is 0.309 e. The minimum absolute atomic E-state index is 0.00640. The van der Waals surface area contributed by atoms with Gasteiger partial charge in [0.2, 0.25) is 0 Å². The molecule has 0 saturated carbocycles. The smallest absolute Gasteiger partial charge is 0.252 e. The van der Waals surface area contributed by atoms with E-state index in [0.29, 0.717) is 0 Å². The SMILES string of the molecule is CC(C)(C)c1ccc2c(c1)Sc1cc(C(C)(C)C)cc3c1N2c1cc(-c2ccc4c5ccccc5c5nc6ccccc6n5c4c2)cc2c1B3c1cc(C(C)(C)C)cc3c1N2c1ccc(C(C)(C)C)cc1S3. The monoisotopic (exact) mass is 970 g/mol. The first-order valence-electron chi connectivity index (χ1n) is 25.7. The first kappa shape index (κ1) is 44.3. The minimum atomic E-state index is -0.0578. The van der Waals surface area contributed by atoms with Crippen LogP contribution in [0.15, 0.2) is 159 Å². The molecule has 0 saturated heterocycles. The Morgan fingerprint density at radius 3 is 1.44 bits per heavy atom.